The summed E-state index contributed by atoms with van der Waals surface area (Å²) in [5, 5.41) is 7.72. The van der Waals surface area contributed by atoms with Gasteiger partial charge in [0, 0.05) is 23.1 Å². The van der Waals surface area contributed by atoms with E-state index in [2.05, 4.69) is 40.5 Å². The molecule has 0 saturated carbocycles. The second-order valence-corrected chi connectivity index (χ2v) is 5.98. The Bertz CT molecular complexity index is 539. The van der Waals surface area contributed by atoms with Crippen LogP contribution in [0.4, 0.5) is 5.82 Å². The third-order valence-electron chi connectivity index (χ3n) is 3.69. The van der Waals surface area contributed by atoms with Gasteiger partial charge >= 0.3 is 0 Å². The molecule has 0 spiro atoms. The molecule has 1 N–H and O–H groups in total. The van der Waals surface area contributed by atoms with Crippen LogP contribution in [-0.2, 0) is 0 Å². The van der Waals surface area contributed by atoms with Gasteiger partial charge in [-0.05, 0) is 26.0 Å². The van der Waals surface area contributed by atoms with Crippen LogP contribution in [0.2, 0.25) is 0 Å². The summed E-state index contributed by atoms with van der Waals surface area (Å²) in [7, 11) is 0. The molecule has 0 aliphatic carbocycles. The van der Waals surface area contributed by atoms with E-state index in [0.717, 1.165) is 30.9 Å². The van der Waals surface area contributed by atoms with Crippen LogP contribution in [0.1, 0.15) is 32.4 Å². The second-order valence-electron chi connectivity index (χ2n) is 4.70. The van der Waals surface area contributed by atoms with Crippen molar-refractivity contribution < 1.29 is 0 Å². The van der Waals surface area contributed by atoms with E-state index in [1.807, 2.05) is 24.8 Å². The lowest BCUT2D eigenvalue weighted by Gasteiger charge is -2.30. The molecule has 0 saturated heterocycles. The van der Waals surface area contributed by atoms with Gasteiger partial charge in [-0.1, -0.05) is 13.8 Å². The van der Waals surface area contributed by atoms with E-state index in [0.29, 0.717) is 5.78 Å². The number of aryl methyl sites for hydroxylation is 1. The van der Waals surface area contributed by atoms with E-state index in [4.69, 9.17) is 0 Å². The van der Waals surface area contributed by atoms with Crippen LogP contribution < -0.4 is 5.32 Å². The van der Waals surface area contributed by atoms with E-state index in [1.165, 1.54) is 6.33 Å². The molecule has 19 heavy (non-hydrogen) atoms. The summed E-state index contributed by atoms with van der Waals surface area (Å²) in [4.78, 5) is 8.49. The van der Waals surface area contributed by atoms with E-state index in [9.17, 15) is 0 Å². The van der Waals surface area contributed by atoms with Crippen molar-refractivity contribution in [3.8, 4) is 0 Å². The van der Waals surface area contributed by atoms with Crippen molar-refractivity contribution in [3.05, 3.63) is 18.1 Å². The first-order chi connectivity index (χ1) is 9.14. The molecule has 0 atom stereocenters. The normalized spacial score (nSPS) is 12.0. The number of fused-ring (bicyclic) bond motifs is 1. The molecule has 0 aromatic carbocycles. The molecular formula is C13H21N5S. The summed E-state index contributed by atoms with van der Waals surface area (Å²) in [5.41, 5.74) is 0.950. The van der Waals surface area contributed by atoms with Crippen LogP contribution in [0.15, 0.2) is 12.4 Å². The molecular weight excluding hydrogens is 258 g/mol. The Morgan fingerprint density at radius 1 is 1.37 bits per heavy atom. The fourth-order valence-electron chi connectivity index (χ4n) is 2.17. The molecule has 104 valence electrons. The zero-order chi connectivity index (χ0) is 13.9. The van der Waals surface area contributed by atoms with Crippen molar-refractivity contribution in [2.24, 2.45) is 0 Å². The smallest absolute Gasteiger partial charge is 0.254 e. The summed E-state index contributed by atoms with van der Waals surface area (Å²) in [6, 6.07) is 2.01. The molecule has 0 aliphatic rings. The van der Waals surface area contributed by atoms with E-state index in [1.54, 1.807) is 4.52 Å². The van der Waals surface area contributed by atoms with Gasteiger partial charge in [-0.25, -0.2) is 4.98 Å². The lowest BCUT2D eigenvalue weighted by atomic mass is 10.0. The van der Waals surface area contributed by atoms with Crippen molar-refractivity contribution in [1.82, 2.24) is 19.6 Å². The monoisotopic (exact) mass is 279 g/mol. The highest BCUT2D eigenvalue weighted by Gasteiger charge is 2.24. The predicted octanol–water partition coefficient (Wildman–Crippen LogP) is 2.77. The van der Waals surface area contributed by atoms with Crippen LogP contribution in [0.3, 0.4) is 0 Å². The highest BCUT2D eigenvalue weighted by Crippen LogP contribution is 2.30. The zero-order valence-electron chi connectivity index (χ0n) is 12.0. The molecule has 2 aromatic heterocycles. The maximum Gasteiger partial charge on any atom is 0.254 e. The first kappa shape index (κ1) is 14.1. The fourth-order valence-corrected chi connectivity index (χ4v) is 2.96. The highest BCUT2D eigenvalue weighted by atomic mass is 32.2. The van der Waals surface area contributed by atoms with Crippen LogP contribution >= 0.6 is 11.8 Å². The minimum atomic E-state index is 0.268. The van der Waals surface area contributed by atoms with Gasteiger partial charge in [-0.3, -0.25) is 0 Å². The van der Waals surface area contributed by atoms with Crippen molar-refractivity contribution in [3.63, 3.8) is 0 Å². The van der Waals surface area contributed by atoms with Gasteiger partial charge in [0.15, 0.2) is 0 Å². The van der Waals surface area contributed by atoms with Gasteiger partial charge in [0.2, 0.25) is 0 Å². The Hall–Kier alpha value is -1.30. The lowest BCUT2D eigenvalue weighted by Crippen LogP contribution is -2.32. The number of nitrogens with zero attached hydrogens (tertiary/aromatic N) is 4. The first-order valence-electron chi connectivity index (χ1n) is 6.60. The molecule has 0 fully saturated rings. The number of anilines is 1. The van der Waals surface area contributed by atoms with E-state index >= 15 is 0 Å². The minimum Gasteiger partial charge on any atom is -0.368 e. The van der Waals surface area contributed by atoms with Crippen molar-refractivity contribution in [2.45, 2.75) is 38.4 Å². The summed E-state index contributed by atoms with van der Waals surface area (Å²) >= 11 is 1.92. The minimum absolute atomic E-state index is 0.268. The van der Waals surface area contributed by atoms with Gasteiger partial charge < -0.3 is 5.32 Å². The number of aromatic nitrogens is 4. The molecule has 0 bridgehead atoms. The number of thioether (sulfide) groups is 1. The molecule has 0 radical (unpaired) electrons. The van der Waals surface area contributed by atoms with Gasteiger partial charge in [0.1, 0.15) is 12.1 Å². The van der Waals surface area contributed by atoms with Crippen molar-refractivity contribution >= 4 is 23.4 Å². The van der Waals surface area contributed by atoms with Gasteiger partial charge in [-0.15, -0.1) is 0 Å². The topological polar surface area (TPSA) is 55.1 Å². The first-order valence-corrected chi connectivity index (χ1v) is 7.83. The standard InChI is InChI=1S/C13H21N5S/c1-5-13(6-2,19-4)8-14-11-7-10(3)17-12-15-9-16-18(11)12/h7,9,14H,5-6,8H2,1-4H3. The number of hydrogen-bond acceptors (Lipinski definition) is 5. The van der Waals surface area contributed by atoms with E-state index in [-0.39, 0.29) is 4.75 Å². The summed E-state index contributed by atoms with van der Waals surface area (Å²) in [6.07, 6.45) is 6.00. The maximum atomic E-state index is 4.35. The van der Waals surface area contributed by atoms with Crippen LogP contribution in [0.25, 0.3) is 5.78 Å². The highest BCUT2D eigenvalue weighted by molar-refractivity contribution is 8.00. The Labute approximate surface area is 118 Å². The Morgan fingerprint density at radius 2 is 2.11 bits per heavy atom. The summed E-state index contributed by atoms with van der Waals surface area (Å²) < 4.78 is 2.02. The average Bonchev–Trinajstić information content (AvgIpc) is 2.88. The van der Waals surface area contributed by atoms with Gasteiger partial charge in [-0.2, -0.15) is 26.4 Å². The Kier molecular flexibility index (Phi) is 4.29. The average molecular weight is 279 g/mol. The van der Waals surface area contributed by atoms with Crippen molar-refractivity contribution in [1.29, 1.82) is 0 Å². The summed E-state index contributed by atoms with van der Waals surface area (Å²) in [5.74, 6) is 1.60. The molecule has 5 nitrogen and oxygen atoms in total. The largest absolute Gasteiger partial charge is 0.368 e. The SMILES string of the molecule is CCC(CC)(CNc1cc(C)nc2ncnn12)SC. The molecule has 6 heteroatoms. The Balaban J connectivity index is 2.24. The maximum absolute atomic E-state index is 4.35. The molecule has 0 aliphatic heterocycles. The van der Waals surface area contributed by atoms with E-state index < -0.39 is 0 Å². The number of hydrogen-bond donors (Lipinski definition) is 1. The second kappa shape index (κ2) is 5.77. The molecule has 2 heterocycles. The molecule has 2 aromatic rings. The van der Waals surface area contributed by atoms with Gasteiger partial charge in [0.05, 0.1) is 0 Å². The molecule has 0 amide bonds. The third-order valence-corrected chi connectivity index (χ3v) is 5.28. The van der Waals surface area contributed by atoms with Crippen LogP contribution in [0.5, 0.6) is 0 Å². The molecule has 0 unspecified atom stereocenters. The number of nitrogens with one attached hydrogen (secondary N) is 1. The fraction of sp³-hybridized carbons (Fsp3) is 0.615. The van der Waals surface area contributed by atoms with Crippen LogP contribution in [0, 0.1) is 6.92 Å². The third kappa shape index (κ3) is 2.83. The molecule has 2 rings (SSSR count). The number of rotatable bonds is 6. The summed E-state index contributed by atoms with van der Waals surface area (Å²) in [6.45, 7) is 7.37. The lowest BCUT2D eigenvalue weighted by molar-refractivity contribution is 0.573. The zero-order valence-corrected chi connectivity index (χ0v) is 12.8. The Morgan fingerprint density at radius 3 is 2.74 bits per heavy atom. The van der Waals surface area contributed by atoms with Gasteiger partial charge in [0.25, 0.3) is 5.78 Å². The predicted molar refractivity (Wildman–Crippen MR) is 80.8 cm³/mol. The van der Waals surface area contributed by atoms with Crippen LogP contribution in [-0.4, -0.2) is 37.1 Å². The quantitative estimate of drug-likeness (QED) is 0.881. The van der Waals surface area contributed by atoms with Crippen molar-refractivity contribution in [2.75, 3.05) is 18.1 Å².